The van der Waals surface area contributed by atoms with Crippen molar-refractivity contribution in [3.05, 3.63) is 61.4 Å². The molecule has 1 amide bonds. The molecule has 0 aliphatic rings. The van der Waals surface area contributed by atoms with E-state index in [0.717, 1.165) is 5.69 Å². The highest BCUT2D eigenvalue weighted by atomic mass is 79.9. The van der Waals surface area contributed by atoms with Gasteiger partial charge in [-0.15, -0.1) is 0 Å². The van der Waals surface area contributed by atoms with E-state index in [9.17, 15) is 14.9 Å². The first-order chi connectivity index (χ1) is 13.3. The maximum absolute atomic E-state index is 12.2. The zero-order valence-electron chi connectivity index (χ0n) is 14.8. The van der Waals surface area contributed by atoms with Crippen LogP contribution in [0, 0.1) is 17.0 Å². The Morgan fingerprint density at radius 2 is 2.14 bits per heavy atom. The molecule has 0 aliphatic heterocycles. The summed E-state index contributed by atoms with van der Waals surface area (Å²) in [4.78, 5) is 22.4. The average molecular weight is 472 g/mol. The highest BCUT2D eigenvalue weighted by Crippen LogP contribution is 2.22. The molecule has 0 saturated carbocycles. The Kier molecular flexibility index (Phi) is 6.15. The number of aromatic nitrogens is 4. The van der Waals surface area contributed by atoms with Crippen molar-refractivity contribution in [3.8, 4) is 0 Å². The first-order valence-corrected chi connectivity index (χ1v) is 9.44. The summed E-state index contributed by atoms with van der Waals surface area (Å²) in [5.41, 5.74) is 0.767. The molecule has 0 radical (unpaired) electrons. The van der Waals surface area contributed by atoms with Crippen molar-refractivity contribution in [2.75, 3.05) is 6.54 Å². The average Bonchev–Trinajstić information content (AvgIpc) is 3.32. The third-order valence-electron chi connectivity index (χ3n) is 3.81. The molecule has 3 rings (SSSR count). The Morgan fingerprint density at radius 1 is 1.36 bits per heavy atom. The molecular weight excluding hydrogens is 456 g/mol. The van der Waals surface area contributed by atoms with Gasteiger partial charge in [-0.05, 0) is 46.3 Å². The molecule has 3 heterocycles. The van der Waals surface area contributed by atoms with Crippen molar-refractivity contribution >= 4 is 39.3 Å². The molecule has 28 heavy (non-hydrogen) atoms. The van der Waals surface area contributed by atoms with Gasteiger partial charge in [-0.25, -0.2) is 0 Å². The van der Waals surface area contributed by atoms with Crippen molar-refractivity contribution in [1.29, 1.82) is 0 Å². The summed E-state index contributed by atoms with van der Waals surface area (Å²) in [6.07, 6.45) is 3.90. The minimum absolute atomic E-state index is 0.161. The highest BCUT2D eigenvalue weighted by Gasteiger charge is 2.20. The molecular formula is C16H16BrClN6O4. The number of furan rings is 1. The molecule has 148 valence electrons. The lowest BCUT2D eigenvalue weighted by Gasteiger charge is -2.03. The van der Waals surface area contributed by atoms with Gasteiger partial charge in [0.15, 0.2) is 5.76 Å². The molecule has 0 aromatic carbocycles. The first kappa shape index (κ1) is 20.1. The molecule has 0 spiro atoms. The fraction of sp³-hybridized carbons (Fsp3) is 0.312. The van der Waals surface area contributed by atoms with E-state index in [0.29, 0.717) is 30.3 Å². The molecule has 0 atom stereocenters. The van der Waals surface area contributed by atoms with Crippen molar-refractivity contribution in [2.24, 2.45) is 0 Å². The topological polar surface area (TPSA) is 121 Å². The zero-order chi connectivity index (χ0) is 20.3. The first-order valence-electron chi connectivity index (χ1n) is 8.27. The molecule has 0 saturated heterocycles. The van der Waals surface area contributed by atoms with Crippen molar-refractivity contribution < 1.29 is 14.1 Å². The minimum atomic E-state index is -0.583. The van der Waals surface area contributed by atoms with E-state index in [1.807, 2.05) is 6.92 Å². The number of aryl methyl sites for hydroxylation is 2. The summed E-state index contributed by atoms with van der Waals surface area (Å²) >= 11 is 9.03. The minimum Gasteiger partial charge on any atom is -0.454 e. The van der Waals surface area contributed by atoms with Crippen LogP contribution in [0.5, 0.6) is 0 Å². The van der Waals surface area contributed by atoms with Gasteiger partial charge in [0.1, 0.15) is 16.8 Å². The van der Waals surface area contributed by atoms with Crippen LogP contribution >= 0.6 is 27.5 Å². The number of amides is 1. The van der Waals surface area contributed by atoms with Crippen LogP contribution in [0.1, 0.15) is 28.4 Å². The summed E-state index contributed by atoms with van der Waals surface area (Å²) in [5, 5.41) is 22.3. The number of carbonyl (C=O) groups excluding carboxylic acids is 1. The van der Waals surface area contributed by atoms with Gasteiger partial charge in [0.25, 0.3) is 5.91 Å². The summed E-state index contributed by atoms with van der Waals surface area (Å²) < 4.78 is 8.87. The molecule has 0 unspecified atom stereocenters. The fourth-order valence-corrected chi connectivity index (χ4v) is 3.09. The summed E-state index contributed by atoms with van der Waals surface area (Å²) in [5.74, 6) is -0.00264. The van der Waals surface area contributed by atoms with Gasteiger partial charge in [-0.3, -0.25) is 9.48 Å². The lowest BCUT2D eigenvalue weighted by atomic mass is 10.3. The summed E-state index contributed by atoms with van der Waals surface area (Å²) in [6.45, 7) is 3.07. The molecule has 0 fully saturated rings. The predicted octanol–water partition coefficient (Wildman–Crippen LogP) is 3.17. The third-order valence-corrected chi connectivity index (χ3v) is 4.74. The van der Waals surface area contributed by atoms with Crippen LogP contribution in [0.25, 0.3) is 0 Å². The van der Waals surface area contributed by atoms with Gasteiger partial charge < -0.3 is 19.8 Å². The Bertz CT molecular complexity index is 991. The number of carbonyl (C=O) groups is 1. The smallest absolute Gasteiger partial charge is 0.404 e. The second-order valence-corrected chi connectivity index (χ2v) is 7.22. The van der Waals surface area contributed by atoms with E-state index < -0.39 is 4.92 Å². The van der Waals surface area contributed by atoms with Crippen molar-refractivity contribution in [2.45, 2.75) is 26.4 Å². The summed E-state index contributed by atoms with van der Waals surface area (Å²) in [6, 6.07) is 3.18. The second kappa shape index (κ2) is 8.57. The number of nitro groups is 1. The molecule has 3 aromatic heterocycles. The SMILES string of the molecule is Cc1nn(CCCNC(=O)c2ccc(Cn3cc(Br)c([N+](=O)[O-])n3)o2)cc1Cl. The van der Waals surface area contributed by atoms with Crippen LogP contribution in [0.4, 0.5) is 5.82 Å². The highest BCUT2D eigenvalue weighted by molar-refractivity contribution is 9.10. The van der Waals surface area contributed by atoms with Crippen LogP contribution in [-0.4, -0.2) is 36.9 Å². The van der Waals surface area contributed by atoms with Gasteiger partial charge >= 0.3 is 5.82 Å². The van der Waals surface area contributed by atoms with E-state index in [-0.39, 0.29) is 28.5 Å². The maximum Gasteiger partial charge on any atom is 0.404 e. The number of rotatable bonds is 8. The molecule has 12 heteroatoms. The monoisotopic (exact) mass is 470 g/mol. The van der Waals surface area contributed by atoms with E-state index in [1.54, 1.807) is 23.0 Å². The van der Waals surface area contributed by atoms with Gasteiger partial charge in [0.2, 0.25) is 0 Å². The largest absolute Gasteiger partial charge is 0.454 e. The zero-order valence-corrected chi connectivity index (χ0v) is 17.1. The molecule has 0 aliphatic carbocycles. The number of halogens is 2. The Morgan fingerprint density at radius 3 is 2.79 bits per heavy atom. The van der Waals surface area contributed by atoms with Gasteiger partial charge in [0.05, 0.1) is 22.0 Å². The number of nitrogens with zero attached hydrogens (tertiary/aromatic N) is 5. The lowest BCUT2D eigenvalue weighted by Crippen LogP contribution is -2.24. The van der Waals surface area contributed by atoms with Crippen molar-refractivity contribution in [1.82, 2.24) is 24.9 Å². The van der Waals surface area contributed by atoms with E-state index in [2.05, 4.69) is 31.4 Å². The van der Waals surface area contributed by atoms with Crippen LogP contribution in [-0.2, 0) is 13.1 Å². The Labute approximate surface area is 172 Å². The second-order valence-electron chi connectivity index (χ2n) is 5.96. The molecule has 1 N–H and O–H groups in total. The molecule has 3 aromatic rings. The predicted molar refractivity (Wildman–Crippen MR) is 103 cm³/mol. The normalized spacial score (nSPS) is 11.0. The van der Waals surface area contributed by atoms with Gasteiger partial charge in [-0.2, -0.15) is 9.78 Å². The third kappa shape index (κ3) is 4.78. The Hall–Kier alpha value is -2.66. The van der Waals surface area contributed by atoms with Crippen LogP contribution in [0.3, 0.4) is 0 Å². The quantitative estimate of drug-likeness (QED) is 0.306. The van der Waals surface area contributed by atoms with Gasteiger partial charge in [0, 0.05) is 19.3 Å². The fourth-order valence-electron chi connectivity index (χ4n) is 2.47. The van der Waals surface area contributed by atoms with Crippen molar-refractivity contribution in [3.63, 3.8) is 0 Å². The summed E-state index contributed by atoms with van der Waals surface area (Å²) in [7, 11) is 0. The van der Waals surface area contributed by atoms with Crippen LogP contribution < -0.4 is 5.32 Å². The lowest BCUT2D eigenvalue weighted by molar-refractivity contribution is -0.390. The van der Waals surface area contributed by atoms with E-state index in [1.165, 1.54) is 10.9 Å². The van der Waals surface area contributed by atoms with E-state index in [4.69, 9.17) is 16.0 Å². The molecule has 10 nitrogen and oxygen atoms in total. The van der Waals surface area contributed by atoms with Gasteiger partial charge in [-0.1, -0.05) is 11.6 Å². The maximum atomic E-state index is 12.2. The van der Waals surface area contributed by atoms with Crippen LogP contribution in [0.2, 0.25) is 5.02 Å². The number of hydrogen-bond acceptors (Lipinski definition) is 6. The number of hydrogen-bond donors (Lipinski definition) is 1. The van der Waals surface area contributed by atoms with Crippen LogP contribution in [0.15, 0.2) is 33.4 Å². The Balaban J connectivity index is 1.49. The standard InChI is InChI=1S/C16H16BrClN6O4/c1-10-13(18)9-22(20-10)6-2-5-19-16(25)14-4-3-11(28-14)7-23-8-12(17)15(21-23)24(26)27/h3-4,8-9H,2,5-7H2,1H3,(H,19,25). The van der Waals surface area contributed by atoms with E-state index >= 15 is 0 Å². The number of nitrogens with one attached hydrogen (secondary N) is 1. The molecule has 0 bridgehead atoms.